The monoisotopic (exact) mass is 230 g/mol. The van der Waals surface area contributed by atoms with Crippen LogP contribution in [-0.2, 0) is 0 Å². The molecule has 0 radical (unpaired) electrons. The van der Waals surface area contributed by atoms with Gasteiger partial charge in [0.1, 0.15) is 5.03 Å². The predicted octanol–water partition coefficient (Wildman–Crippen LogP) is 3.43. The molecule has 16 heavy (non-hydrogen) atoms. The van der Waals surface area contributed by atoms with Crippen LogP contribution < -0.4 is 5.73 Å². The Hall–Kier alpha value is -1.48. The van der Waals surface area contributed by atoms with Gasteiger partial charge in [-0.05, 0) is 37.1 Å². The molecule has 0 saturated carbocycles. The standard InChI is InChI=1S/C13H14N2S/c1-9-5-3-4-6-12(9)16-13-10(2)7-11(14)8-15-13/h3-8H,14H2,1-2H3. The first kappa shape index (κ1) is 11.0. The van der Waals surface area contributed by atoms with Crippen LogP contribution in [0, 0.1) is 13.8 Å². The van der Waals surface area contributed by atoms with Crippen LogP contribution in [0.15, 0.2) is 46.5 Å². The highest BCUT2D eigenvalue weighted by Gasteiger charge is 2.04. The van der Waals surface area contributed by atoms with Gasteiger partial charge in [0.15, 0.2) is 0 Å². The van der Waals surface area contributed by atoms with Crippen molar-refractivity contribution in [1.29, 1.82) is 0 Å². The zero-order chi connectivity index (χ0) is 11.5. The number of nitrogen functional groups attached to an aromatic ring is 1. The van der Waals surface area contributed by atoms with Gasteiger partial charge in [-0.3, -0.25) is 0 Å². The SMILES string of the molecule is Cc1ccccc1Sc1ncc(N)cc1C. The minimum Gasteiger partial charge on any atom is -0.397 e. The van der Waals surface area contributed by atoms with Gasteiger partial charge in [0.05, 0.1) is 11.9 Å². The first-order chi connectivity index (χ1) is 7.66. The minimum absolute atomic E-state index is 0.714. The Morgan fingerprint density at radius 2 is 1.88 bits per heavy atom. The molecule has 0 bridgehead atoms. The van der Waals surface area contributed by atoms with Gasteiger partial charge in [0.25, 0.3) is 0 Å². The molecule has 2 nitrogen and oxygen atoms in total. The van der Waals surface area contributed by atoms with E-state index in [-0.39, 0.29) is 0 Å². The highest BCUT2D eigenvalue weighted by atomic mass is 32.2. The summed E-state index contributed by atoms with van der Waals surface area (Å²) in [4.78, 5) is 5.59. The number of benzene rings is 1. The molecule has 2 rings (SSSR count). The highest BCUT2D eigenvalue weighted by molar-refractivity contribution is 7.99. The lowest BCUT2D eigenvalue weighted by atomic mass is 10.2. The molecular formula is C13H14N2S. The van der Waals surface area contributed by atoms with Crippen LogP contribution in [0.1, 0.15) is 11.1 Å². The summed E-state index contributed by atoms with van der Waals surface area (Å²) >= 11 is 1.68. The summed E-state index contributed by atoms with van der Waals surface area (Å²) in [7, 11) is 0. The van der Waals surface area contributed by atoms with E-state index in [1.807, 2.05) is 25.1 Å². The van der Waals surface area contributed by atoms with Crippen LogP contribution in [0.3, 0.4) is 0 Å². The summed E-state index contributed by atoms with van der Waals surface area (Å²) in [5, 5.41) is 1.02. The summed E-state index contributed by atoms with van der Waals surface area (Å²) in [5.74, 6) is 0. The van der Waals surface area contributed by atoms with E-state index in [0.29, 0.717) is 5.69 Å². The molecule has 0 amide bonds. The molecule has 0 atom stereocenters. The van der Waals surface area contributed by atoms with Gasteiger partial charge in [0.2, 0.25) is 0 Å². The third kappa shape index (κ3) is 2.36. The van der Waals surface area contributed by atoms with E-state index in [1.54, 1.807) is 18.0 Å². The molecule has 0 aliphatic heterocycles. The first-order valence-corrected chi connectivity index (χ1v) is 5.94. The van der Waals surface area contributed by atoms with E-state index in [2.05, 4.69) is 24.0 Å². The zero-order valence-electron chi connectivity index (χ0n) is 9.40. The summed E-state index contributed by atoms with van der Waals surface area (Å²) in [6.45, 7) is 4.14. The number of aryl methyl sites for hydroxylation is 2. The largest absolute Gasteiger partial charge is 0.397 e. The zero-order valence-corrected chi connectivity index (χ0v) is 10.2. The van der Waals surface area contributed by atoms with Gasteiger partial charge in [-0.15, -0.1) is 0 Å². The molecule has 1 aromatic carbocycles. The van der Waals surface area contributed by atoms with Gasteiger partial charge in [-0.25, -0.2) is 4.98 Å². The summed E-state index contributed by atoms with van der Waals surface area (Å²) < 4.78 is 0. The third-order valence-electron chi connectivity index (χ3n) is 2.35. The third-order valence-corrected chi connectivity index (χ3v) is 3.65. The lowest BCUT2D eigenvalue weighted by Gasteiger charge is -2.07. The van der Waals surface area contributed by atoms with Crippen LogP contribution >= 0.6 is 11.8 Å². The van der Waals surface area contributed by atoms with Crippen molar-refractivity contribution in [3.05, 3.63) is 47.7 Å². The quantitative estimate of drug-likeness (QED) is 0.859. The summed E-state index contributed by atoms with van der Waals surface area (Å²) in [6, 6.07) is 10.3. The number of nitrogens with zero attached hydrogens (tertiary/aromatic N) is 1. The van der Waals surface area contributed by atoms with Crippen molar-refractivity contribution in [2.45, 2.75) is 23.8 Å². The van der Waals surface area contributed by atoms with Crippen LogP contribution in [0.4, 0.5) is 5.69 Å². The number of hydrogen-bond donors (Lipinski definition) is 1. The molecule has 0 aliphatic rings. The summed E-state index contributed by atoms with van der Waals surface area (Å²) in [5.41, 5.74) is 8.78. The van der Waals surface area contributed by atoms with Crippen molar-refractivity contribution in [3.8, 4) is 0 Å². The van der Waals surface area contributed by atoms with Crippen molar-refractivity contribution < 1.29 is 0 Å². The number of pyridine rings is 1. The molecule has 82 valence electrons. The second-order valence-electron chi connectivity index (χ2n) is 3.76. The van der Waals surface area contributed by atoms with Crippen LogP contribution in [-0.4, -0.2) is 4.98 Å². The van der Waals surface area contributed by atoms with E-state index < -0.39 is 0 Å². The van der Waals surface area contributed by atoms with Gasteiger partial charge in [0, 0.05) is 4.90 Å². The Bertz CT molecular complexity index is 509. The molecule has 3 heteroatoms. The van der Waals surface area contributed by atoms with Gasteiger partial charge in [-0.1, -0.05) is 30.0 Å². The molecule has 1 heterocycles. The maximum Gasteiger partial charge on any atom is 0.104 e. The molecule has 0 saturated heterocycles. The molecule has 0 spiro atoms. The fourth-order valence-corrected chi connectivity index (χ4v) is 2.38. The van der Waals surface area contributed by atoms with Crippen LogP contribution in [0.25, 0.3) is 0 Å². The molecule has 0 unspecified atom stereocenters. The smallest absolute Gasteiger partial charge is 0.104 e. The number of rotatable bonds is 2. The second kappa shape index (κ2) is 4.58. The van der Waals surface area contributed by atoms with Crippen molar-refractivity contribution in [2.75, 3.05) is 5.73 Å². The number of hydrogen-bond acceptors (Lipinski definition) is 3. The Kier molecular flexibility index (Phi) is 3.15. The Morgan fingerprint density at radius 3 is 2.56 bits per heavy atom. The van der Waals surface area contributed by atoms with Crippen LogP contribution in [0.2, 0.25) is 0 Å². The average Bonchev–Trinajstić information content (AvgIpc) is 2.25. The molecular weight excluding hydrogens is 216 g/mol. The van der Waals surface area contributed by atoms with E-state index in [4.69, 9.17) is 5.73 Å². The van der Waals surface area contributed by atoms with Crippen molar-refractivity contribution in [2.24, 2.45) is 0 Å². The molecule has 2 aromatic rings. The van der Waals surface area contributed by atoms with Gasteiger partial charge in [-0.2, -0.15) is 0 Å². The molecule has 0 fully saturated rings. The molecule has 0 aliphatic carbocycles. The van der Waals surface area contributed by atoms with E-state index >= 15 is 0 Å². The fourth-order valence-electron chi connectivity index (χ4n) is 1.47. The Labute approximate surface area is 99.9 Å². The lowest BCUT2D eigenvalue weighted by Crippen LogP contribution is -1.91. The second-order valence-corrected chi connectivity index (χ2v) is 4.79. The van der Waals surface area contributed by atoms with Crippen molar-refractivity contribution in [3.63, 3.8) is 0 Å². The number of nitrogens with two attached hydrogens (primary N) is 1. The maximum absolute atomic E-state index is 5.68. The van der Waals surface area contributed by atoms with Crippen molar-refractivity contribution >= 4 is 17.4 Å². The fraction of sp³-hybridized carbons (Fsp3) is 0.154. The average molecular weight is 230 g/mol. The predicted molar refractivity (Wildman–Crippen MR) is 68.7 cm³/mol. The Morgan fingerprint density at radius 1 is 1.12 bits per heavy atom. The summed E-state index contributed by atoms with van der Waals surface area (Å²) in [6.07, 6.45) is 1.70. The highest BCUT2D eigenvalue weighted by Crippen LogP contribution is 2.31. The van der Waals surface area contributed by atoms with Gasteiger partial charge < -0.3 is 5.73 Å². The first-order valence-electron chi connectivity index (χ1n) is 5.12. The minimum atomic E-state index is 0.714. The Balaban J connectivity index is 2.31. The topological polar surface area (TPSA) is 38.9 Å². The van der Waals surface area contributed by atoms with Gasteiger partial charge >= 0.3 is 0 Å². The van der Waals surface area contributed by atoms with Crippen molar-refractivity contribution in [1.82, 2.24) is 4.98 Å². The lowest BCUT2D eigenvalue weighted by molar-refractivity contribution is 1.08. The normalized spacial score (nSPS) is 10.4. The van der Waals surface area contributed by atoms with E-state index in [0.717, 1.165) is 10.6 Å². The molecule has 1 aromatic heterocycles. The number of anilines is 1. The number of aromatic nitrogens is 1. The molecule has 2 N–H and O–H groups in total. The van der Waals surface area contributed by atoms with Crippen LogP contribution in [0.5, 0.6) is 0 Å². The maximum atomic E-state index is 5.68. The van der Waals surface area contributed by atoms with E-state index in [1.165, 1.54) is 10.5 Å². The van der Waals surface area contributed by atoms with E-state index in [9.17, 15) is 0 Å².